The number of hydrogen-bond acceptors (Lipinski definition) is 5. The molecule has 34 heavy (non-hydrogen) atoms. The Bertz CT molecular complexity index is 1140. The molecule has 0 aromatic heterocycles. The summed E-state index contributed by atoms with van der Waals surface area (Å²) in [6, 6.07) is 19.2. The molecule has 4 rings (SSSR count). The summed E-state index contributed by atoms with van der Waals surface area (Å²) >= 11 is 0. The predicted octanol–water partition coefficient (Wildman–Crippen LogP) is 5.53. The molecule has 7 heteroatoms. The normalized spacial score (nSPS) is 13.2. The van der Waals surface area contributed by atoms with Crippen LogP contribution < -0.4 is 24.8 Å². The highest BCUT2D eigenvalue weighted by molar-refractivity contribution is 6.07. The van der Waals surface area contributed by atoms with Gasteiger partial charge >= 0.3 is 0 Å². The standard InChI is InChI=1S/C27H28N2O5/c1-32-24-17-23(25(33-2)16-22(24)28-26(30)18-8-4-3-5-9-18)29-27(31)19-12-14-21(15-13-19)34-20-10-6-7-11-20/h3-5,8-9,12-17,20H,6-7,10-11H2,1-2H3,(H,28,30)(H,29,31). The minimum Gasteiger partial charge on any atom is -0.494 e. The third-order valence-corrected chi connectivity index (χ3v) is 5.78. The lowest BCUT2D eigenvalue weighted by Crippen LogP contribution is -2.15. The van der Waals surface area contributed by atoms with Gasteiger partial charge in [0.25, 0.3) is 11.8 Å². The number of ether oxygens (including phenoxy) is 3. The molecule has 0 spiro atoms. The largest absolute Gasteiger partial charge is 0.494 e. The third kappa shape index (κ3) is 5.49. The molecule has 0 saturated heterocycles. The lowest BCUT2D eigenvalue weighted by Gasteiger charge is -2.16. The molecule has 1 saturated carbocycles. The maximum atomic E-state index is 12.9. The summed E-state index contributed by atoms with van der Waals surface area (Å²) in [4.78, 5) is 25.4. The molecule has 2 amide bonds. The zero-order chi connectivity index (χ0) is 23.9. The number of carbonyl (C=O) groups excluding carboxylic acids is 2. The highest BCUT2D eigenvalue weighted by Gasteiger charge is 2.18. The number of nitrogens with one attached hydrogen (secondary N) is 2. The van der Waals surface area contributed by atoms with Gasteiger partial charge in [0, 0.05) is 23.3 Å². The zero-order valence-electron chi connectivity index (χ0n) is 19.3. The highest BCUT2D eigenvalue weighted by atomic mass is 16.5. The smallest absolute Gasteiger partial charge is 0.255 e. The molecule has 3 aromatic rings. The number of methoxy groups -OCH3 is 2. The van der Waals surface area contributed by atoms with E-state index >= 15 is 0 Å². The molecule has 0 unspecified atom stereocenters. The van der Waals surface area contributed by atoms with Crippen LogP contribution in [0.2, 0.25) is 0 Å². The fourth-order valence-corrected chi connectivity index (χ4v) is 3.96. The van der Waals surface area contributed by atoms with Crippen molar-refractivity contribution < 1.29 is 23.8 Å². The number of rotatable bonds is 8. The molecule has 1 fully saturated rings. The third-order valence-electron chi connectivity index (χ3n) is 5.78. The molecule has 0 aliphatic heterocycles. The van der Waals surface area contributed by atoms with Crippen LogP contribution in [0.4, 0.5) is 11.4 Å². The van der Waals surface area contributed by atoms with E-state index in [9.17, 15) is 9.59 Å². The van der Waals surface area contributed by atoms with Gasteiger partial charge < -0.3 is 24.8 Å². The van der Waals surface area contributed by atoms with Crippen LogP contribution in [0.5, 0.6) is 17.2 Å². The summed E-state index contributed by atoms with van der Waals surface area (Å²) in [6.07, 6.45) is 4.81. The molecule has 2 N–H and O–H groups in total. The predicted molar refractivity (Wildman–Crippen MR) is 131 cm³/mol. The Morgan fingerprint density at radius 1 is 0.735 bits per heavy atom. The van der Waals surface area contributed by atoms with E-state index in [4.69, 9.17) is 14.2 Å². The Morgan fingerprint density at radius 3 is 1.74 bits per heavy atom. The summed E-state index contributed by atoms with van der Waals surface area (Å²) in [7, 11) is 2.99. The summed E-state index contributed by atoms with van der Waals surface area (Å²) in [5.74, 6) is 0.965. The van der Waals surface area contributed by atoms with Crippen LogP contribution in [-0.4, -0.2) is 32.1 Å². The van der Waals surface area contributed by atoms with Crippen molar-refractivity contribution in [2.45, 2.75) is 31.8 Å². The van der Waals surface area contributed by atoms with Crippen molar-refractivity contribution in [3.8, 4) is 17.2 Å². The first-order chi connectivity index (χ1) is 16.6. The molecule has 3 aromatic carbocycles. The summed E-state index contributed by atoms with van der Waals surface area (Å²) < 4.78 is 16.9. The van der Waals surface area contributed by atoms with E-state index in [1.54, 1.807) is 48.5 Å². The second kappa shape index (κ2) is 10.7. The van der Waals surface area contributed by atoms with E-state index in [-0.39, 0.29) is 17.9 Å². The average molecular weight is 461 g/mol. The quantitative estimate of drug-likeness (QED) is 0.462. The van der Waals surface area contributed by atoms with Crippen LogP contribution in [0.1, 0.15) is 46.4 Å². The maximum Gasteiger partial charge on any atom is 0.255 e. The first kappa shape index (κ1) is 23.2. The second-order valence-corrected chi connectivity index (χ2v) is 8.08. The van der Waals surface area contributed by atoms with Crippen LogP contribution in [0, 0.1) is 0 Å². The molecule has 1 aliphatic rings. The molecule has 176 valence electrons. The van der Waals surface area contributed by atoms with Gasteiger partial charge in [-0.25, -0.2) is 0 Å². The van der Waals surface area contributed by atoms with Crippen LogP contribution in [-0.2, 0) is 0 Å². The molecule has 1 aliphatic carbocycles. The van der Waals surface area contributed by atoms with Crippen molar-refractivity contribution in [3.63, 3.8) is 0 Å². The van der Waals surface area contributed by atoms with Crippen molar-refractivity contribution in [2.24, 2.45) is 0 Å². The van der Waals surface area contributed by atoms with E-state index in [2.05, 4.69) is 10.6 Å². The number of hydrogen-bond donors (Lipinski definition) is 2. The molecule has 0 atom stereocenters. The van der Waals surface area contributed by atoms with Gasteiger partial charge in [-0.1, -0.05) is 18.2 Å². The Hall–Kier alpha value is -4.00. The van der Waals surface area contributed by atoms with E-state index in [0.717, 1.165) is 18.6 Å². The molecule has 0 heterocycles. The molecule has 7 nitrogen and oxygen atoms in total. The van der Waals surface area contributed by atoms with E-state index in [1.807, 2.05) is 18.2 Å². The lowest BCUT2D eigenvalue weighted by molar-refractivity contribution is 0.101. The first-order valence-electron chi connectivity index (χ1n) is 11.3. The number of anilines is 2. The monoisotopic (exact) mass is 460 g/mol. The second-order valence-electron chi connectivity index (χ2n) is 8.08. The molecular formula is C27H28N2O5. The first-order valence-corrected chi connectivity index (χ1v) is 11.3. The highest BCUT2D eigenvalue weighted by Crippen LogP contribution is 2.37. The number of carbonyl (C=O) groups is 2. The molecule has 0 bridgehead atoms. The topological polar surface area (TPSA) is 85.9 Å². The SMILES string of the molecule is COc1cc(NC(=O)c2ccc(OC3CCCC3)cc2)c(OC)cc1NC(=O)c1ccccc1. The summed E-state index contributed by atoms with van der Waals surface area (Å²) in [6.45, 7) is 0. The van der Waals surface area contributed by atoms with E-state index < -0.39 is 0 Å². The van der Waals surface area contributed by atoms with Crippen LogP contribution in [0.25, 0.3) is 0 Å². The Labute approximate surface area is 199 Å². The van der Waals surface area contributed by atoms with Crippen molar-refractivity contribution >= 4 is 23.2 Å². The minimum atomic E-state index is -0.297. The number of amides is 2. The minimum absolute atomic E-state index is 0.261. The lowest BCUT2D eigenvalue weighted by atomic mass is 10.1. The molecular weight excluding hydrogens is 432 g/mol. The van der Waals surface area contributed by atoms with Crippen LogP contribution in [0.3, 0.4) is 0 Å². The van der Waals surface area contributed by atoms with Crippen molar-refractivity contribution in [2.75, 3.05) is 24.9 Å². The van der Waals surface area contributed by atoms with Crippen LogP contribution in [0.15, 0.2) is 66.7 Å². The van der Waals surface area contributed by atoms with Gasteiger partial charge in [0.05, 0.1) is 31.7 Å². The molecule has 0 radical (unpaired) electrons. The van der Waals surface area contributed by atoms with E-state index in [0.29, 0.717) is 34.0 Å². The Balaban J connectivity index is 1.48. The fourth-order valence-electron chi connectivity index (χ4n) is 3.96. The van der Waals surface area contributed by atoms with E-state index in [1.165, 1.54) is 27.1 Å². The number of benzene rings is 3. The van der Waals surface area contributed by atoms with Crippen molar-refractivity contribution in [1.29, 1.82) is 0 Å². The maximum absolute atomic E-state index is 12.9. The average Bonchev–Trinajstić information content (AvgIpc) is 3.38. The van der Waals surface area contributed by atoms with Gasteiger partial charge in [0.15, 0.2) is 0 Å². The van der Waals surface area contributed by atoms with Gasteiger partial charge in [0.2, 0.25) is 0 Å². The van der Waals surface area contributed by atoms with Crippen LogP contribution >= 0.6 is 0 Å². The fraction of sp³-hybridized carbons (Fsp3) is 0.259. The van der Waals surface area contributed by atoms with Gasteiger partial charge in [-0.2, -0.15) is 0 Å². The zero-order valence-corrected chi connectivity index (χ0v) is 19.3. The summed E-state index contributed by atoms with van der Waals surface area (Å²) in [5, 5.41) is 5.69. The van der Waals surface area contributed by atoms with Crippen molar-refractivity contribution in [1.82, 2.24) is 0 Å². The van der Waals surface area contributed by atoms with Crippen molar-refractivity contribution in [3.05, 3.63) is 77.9 Å². The van der Waals surface area contributed by atoms with Gasteiger partial charge in [-0.3, -0.25) is 9.59 Å². The van der Waals surface area contributed by atoms with Gasteiger partial charge in [0.1, 0.15) is 17.2 Å². The van der Waals surface area contributed by atoms with Gasteiger partial charge in [-0.05, 0) is 62.1 Å². The summed E-state index contributed by atoms with van der Waals surface area (Å²) in [5.41, 5.74) is 1.86. The van der Waals surface area contributed by atoms with Gasteiger partial charge in [-0.15, -0.1) is 0 Å². The Morgan fingerprint density at radius 2 is 1.24 bits per heavy atom. The Kier molecular flexibility index (Phi) is 7.32.